The normalized spacial score (nSPS) is 21.0. The number of rotatable bonds is 3. The Morgan fingerprint density at radius 1 is 1.43 bits per heavy atom. The zero-order valence-electron chi connectivity index (χ0n) is 12.4. The maximum atomic E-state index is 13.5. The molecule has 0 aliphatic carbocycles. The number of hydrogen-bond donors (Lipinski definition) is 1. The molecule has 0 bridgehead atoms. The van der Waals surface area contributed by atoms with Crippen LogP contribution in [0.1, 0.15) is 19.3 Å². The third-order valence-electron chi connectivity index (χ3n) is 3.89. The number of ether oxygens (including phenoxy) is 1. The molecule has 122 valence electrons. The number of nitrogens with zero attached hydrogens (tertiary/aromatic N) is 1. The molecule has 23 heavy (non-hydrogen) atoms. The first kappa shape index (κ1) is 15.8. The lowest BCUT2D eigenvalue weighted by atomic mass is 10.2. The molecule has 3 rings (SSSR count). The molecule has 1 aromatic carbocycles. The summed E-state index contributed by atoms with van der Waals surface area (Å²) >= 11 is 5.65. The van der Waals surface area contributed by atoms with Gasteiger partial charge in [0.2, 0.25) is 5.91 Å². The number of amides is 2. The van der Waals surface area contributed by atoms with Gasteiger partial charge in [-0.15, -0.1) is 0 Å². The first-order chi connectivity index (χ1) is 11.1. The van der Waals surface area contributed by atoms with Crippen LogP contribution in [0.2, 0.25) is 5.02 Å². The molecule has 2 heterocycles. The first-order valence-electron chi connectivity index (χ1n) is 7.46. The Kier molecular flexibility index (Phi) is 4.52. The van der Waals surface area contributed by atoms with E-state index in [2.05, 4.69) is 5.32 Å². The van der Waals surface area contributed by atoms with Crippen LogP contribution in [-0.2, 0) is 14.3 Å². The van der Waals surface area contributed by atoms with Crippen molar-refractivity contribution in [2.75, 3.05) is 18.1 Å². The Bertz CT molecular complexity index is 677. The highest BCUT2D eigenvalue weighted by atomic mass is 35.5. The number of anilines is 1. The summed E-state index contributed by atoms with van der Waals surface area (Å²) < 4.78 is 18.8. The first-order valence-corrected chi connectivity index (χ1v) is 7.84. The van der Waals surface area contributed by atoms with E-state index in [1.807, 2.05) is 0 Å². The highest BCUT2D eigenvalue weighted by Gasteiger charge is 2.34. The van der Waals surface area contributed by atoms with Crippen LogP contribution in [0.3, 0.4) is 0 Å². The van der Waals surface area contributed by atoms with Gasteiger partial charge in [0.25, 0.3) is 5.91 Å². The van der Waals surface area contributed by atoms with Crippen molar-refractivity contribution in [2.24, 2.45) is 0 Å². The van der Waals surface area contributed by atoms with Gasteiger partial charge in [-0.3, -0.25) is 9.59 Å². The molecular formula is C16H16ClFN2O3. The van der Waals surface area contributed by atoms with Gasteiger partial charge in [0.1, 0.15) is 11.9 Å². The molecule has 1 fully saturated rings. The molecule has 1 atom stereocenters. The number of carbonyl (C=O) groups excluding carboxylic acids is 2. The molecule has 2 aliphatic heterocycles. The fourth-order valence-corrected chi connectivity index (χ4v) is 2.79. The standard InChI is InChI=1S/C16H16ClFN2O3/c17-11-5-4-10(9-12(11)18)20-7-6-13(16(20)22)19-15(21)14-3-1-2-8-23-14/h3-5,9,13H,1-2,6-8H2,(H,19,21). The minimum absolute atomic E-state index is 0.00614. The van der Waals surface area contributed by atoms with Crippen molar-refractivity contribution in [2.45, 2.75) is 25.3 Å². The van der Waals surface area contributed by atoms with Crippen molar-refractivity contribution in [3.8, 4) is 0 Å². The highest BCUT2D eigenvalue weighted by Crippen LogP contribution is 2.26. The molecular weight excluding hydrogens is 323 g/mol. The van der Waals surface area contributed by atoms with Gasteiger partial charge in [0, 0.05) is 12.2 Å². The van der Waals surface area contributed by atoms with E-state index in [4.69, 9.17) is 16.3 Å². The lowest BCUT2D eigenvalue weighted by molar-refractivity contribution is -0.126. The molecule has 1 aromatic rings. The van der Waals surface area contributed by atoms with Crippen LogP contribution in [0.5, 0.6) is 0 Å². The van der Waals surface area contributed by atoms with Gasteiger partial charge in [-0.25, -0.2) is 4.39 Å². The van der Waals surface area contributed by atoms with Crippen LogP contribution >= 0.6 is 11.6 Å². The Hall–Kier alpha value is -2.08. The number of carbonyl (C=O) groups is 2. The summed E-state index contributed by atoms with van der Waals surface area (Å²) in [6.07, 6.45) is 3.86. The third kappa shape index (κ3) is 3.32. The van der Waals surface area contributed by atoms with Gasteiger partial charge in [-0.2, -0.15) is 0 Å². The van der Waals surface area contributed by atoms with E-state index in [0.717, 1.165) is 12.8 Å². The SMILES string of the molecule is O=C(NC1CCN(c2ccc(Cl)c(F)c2)C1=O)C1=CCCCO1. The van der Waals surface area contributed by atoms with E-state index in [-0.39, 0.29) is 22.6 Å². The lowest BCUT2D eigenvalue weighted by Gasteiger charge is -2.19. The quantitative estimate of drug-likeness (QED) is 0.920. The average Bonchev–Trinajstić information content (AvgIpc) is 2.92. The summed E-state index contributed by atoms with van der Waals surface area (Å²) in [6.45, 7) is 0.915. The van der Waals surface area contributed by atoms with Crippen LogP contribution in [0, 0.1) is 5.82 Å². The summed E-state index contributed by atoms with van der Waals surface area (Å²) in [6, 6.07) is 3.58. The fourth-order valence-electron chi connectivity index (χ4n) is 2.67. The second-order valence-corrected chi connectivity index (χ2v) is 5.87. The zero-order valence-corrected chi connectivity index (χ0v) is 13.1. The molecule has 0 aromatic heterocycles. The van der Waals surface area contributed by atoms with Gasteiger partial charge < -0.3 is 15.0 Å². The lowest BCUT2D eigenvalue weighted by Crippen LogP contribution is -2.42. The number of halogens is 2. The zero-order chi connectivity index (χ0) is 16.4. The topological polar surface area (TPSA) is 58.6 Å². The van der Waals surface area contributed by atoms with Crippen molar-refractivity contribution in [3.63, 3.8) is 0 Å². The second-order valence-electron chi connectivity index (χ2n) is 5.46. The van der Waals surface area contributed by atoms with Crippen molar-refractivity contribution in [1.82, 2.24) is 5.32 Å². The molecule has 1 saturated heterocycles. The van der Waals surface area contributed by atoms with Crippen LogP contribution in [0.4, 0.5) is 10.1 Å². The summed E-state index contributed by atoms with van der Waals surface area (Å²) in [5.41, 5.74) is 0.432. The van der Waals surface area contributed by atoms with E-state index >= 15 is 0 Å². The molecule has 0 radical (unpaired) electrons. The van der Waals surface area contributed by atoms with Gasteiger partial charge in [-0.1, -0.05) is 11.6 Å². The van der Waals surface area contributed by atoms with E-state index in [9.17, 15) is 14.0 Å². The predicted octanol–water partition coefficient (Wildman–Crippen LogP) is 2.39. The number of nitrogens with one attached hydrogen (secondary N) is 1. The van der Waals surface area contributed by atoms with E-state index in [1.165, 1.54) is 17.0 Å². The predicted molar refractivity (Wildman–Crippen MR) is 83.6 cm³/mol. The van der Waals surface area contributed by atoms with E-state index < -0.39 is 11.9 Å². The van der Waals surface area contributed by atoms with Crippen molar-refractivity contribution in [3.05, 3.63) is 40.9 Å². The number of benzene rings is 1. The Morgan fingerprint density at radius 3 is 2.96 bits per heavy atom. The second kappa shape index (κ2) is 6.58. The maximum Gasteiger partial charge on any atom is 0.286 e. The molecule has 5 nitrogen and oxygen atoms in total. The molecule has 1 unspecified atom stereocenters. The van der Waals surface area contributed by atoms with E-state index in [1.54, 1.807) is 12.1 Å². The molecule has 0 saturated carbocycles. The minimum Gasteiger partial charge on any atom is -0.488 e. The Morgan fingerprint density at radius 2 is 2.26 bits per heavy atom. The van der Waals surface area contributed by atoms with Gasteiger partial charge in [-0.05, 0) is 43.5 Å². The van der Waals surface area contributed by atoms with Gasteiger partial charge in [0.15, 0.2) is 5.76 Å². The number of hydrogen-bond acceptors (Lipinski definition) is 3. The molecule has 7 heteroatoms. The van der Waals surface area contributed by atoms with Crippen molar-refractivity contribution in [1.29, 1.82) is 0 Å². The Labute approximate surface area is 138 Å². The summed E-state index contributed by atoms with van der Waals surface area (Å²) in [5.74, 6) is -0.964. The summed E-state index contributed by atoms with van der Waals surface area (Å²) in [5, 5.41) is 2.69. The minimum atomic E-state index is -0.632. The van der Waals surface area contributed by atoms with Gasteiger partial charge >= 0.3 is 0 Å². The Balaban J connectivity index is 1.67. The molecule has 2 amide bonds. The molecule has 0 spiro atoms. The van der Waals surface area contributed by atoms with Crippen LogP contribution < -0.4 is 10.2 Å². The molecule has 1 N–H and O–H groups in total. The van der Waals surface area contributed by atoms with Gasteiger partial charge in [0.05, 0.1) is 11.6 Å². The van der Waals surface area contributed by atoms with Crippen molar-refractivity contribution < 1.29 is 18.7 Å². The number of allylic oxidation sites excluding steroid dienone is 1. The summed E-state index contributed by atoms with van der Waals surface area (Å²) in [4.78, 5) is 25.9. The molecule has 2 aliphatic rings. The summed E-state index contributed by atoms with van der Waals surface area (Å²) in [7, 11) is 0. The highest BCUT2D eigenvalue weighted by molar-refractivity contribution is 6.30. The monoisotopic (exact) mass is 338 g/mol. The third-order valence-corrected chi connectivity index (χ3v) is 4.19. The largest absolute Gasteiger partial charge is 0.488 e. The maximum absolute atomic E-state index is 13.5. The van der Waals surface area contributed by atoms with Crippen LogP contribution in [0.15, 0.2) is 30.0 Å². The fraction of sp³-hybridized carbons (Fsp3) is 0.375. The average molecular weight is 339 g/mol. The van der Waals surface area contributed by atoms with Crippen molar-refractivity contribution >= 4 is 29.1 Å². The van der Waals surface area contributed by atoms with Crippen LogP contribution in [0.25, 0.3) is 0 Å². The smallest absolute Gasteiger partial charge is 0.286 e. The van der Waals surface area contributed by atoms with Crippen LogP contribution in [-0.4, -0.2) is 31.0 Å². The van der Waals surface area contributed by atoms with E-state index in [0.29, 0.717) is 25.3 Å².